The molecular weight excluding hydrogens is 266 g/mol. The summed E-state index contributed by atoms with van der Waals surface area (Å²) in [6.45, 7) is -0.0411. The fourth-order valence-corrected chi connectivity index (χ4v) is 2.25. The molecule has 1 atom stereocenters. The number of methoxy groups -OCH3 is 1. The second-order valence-corrected chi connectivity index (χ2v) is 4.85. The number of hydrogen-bond donors (Lipinski definition) is 2. The number of benzene rings is 1. The molecule has 0 aliphatic carbocycles. The Kier molecular flexibility index (Phi) is 4.54. The first-order chi connectivity index (χ1) is 9.52. The number of nitrogens with one attached hydrogen (secondary N) is 2. The van der Waals surface area contributed by atoms with Crippen LogP contribution in [0.4, 0.5) is 8.78 Å². The highest BCUT2D eigenvalue weighted by Gasteiger charge is 2.42. The van der Waals surface area contributed by atoms with E-state index in [1.807, 2.05) is 24.3 Å². The molecule has 1 amide bonds. The lowest BCUT2D eigenvalue weighted by Gasteiger charge is -2.12. The van der Waals surface area contributed by atoms with E-state index in [2.05, 4.69) is 10.6 Å². The van der Waals surface area contributed by atoms with E-state index < -0.39 is 24.9 Å². The summed E-state index contributed by atoms with van der Waals surface area (Å²) in [5.41, 5.74) is 0.972. The number of hydrogen-bond acceptors (Lipinski definition) is 3. The van der Waals surface area contributed by atoms with Crippen molar-refractivity contribution >= 4 is 5.91 Å². The van der Waals surface area contributed by atoms with Gasteiger partial charge in [0.05, 0.1) is 19.7 Å². The molecule has 110 valence electrons. The van der Waals surface area contributed by atoms with E-state index in [-0.39, 0.29) is 5.91 Å². The first-order valence-electron chi connectivity index (χ1n) is 6.53. The fraction of sp³-hybridized carbons (Fsp3) is 0.500. The maximum absolute atomic E-state index is 13.0. The maximum atomic E-state index is 13.0. The third-order valence-electron chi connectivity index (χ3n) is 3.31. The Hall–Kier alpha value is -1.69. The smallest absolute Gasteiger partial charge is 0.262 e. The SMILES string of the molecule is COc1ccccc1CCNC(=O)C1CC(F)(F)CN1. The van der Waals surface area contributed by atoms with Crippen LogP contribution in [0.15, 0.2) is 24.3 Å². The number of carbonyl (C=O) groups is 1. The van der Waals surface area contributed by atoms with Crippen LogP contribution in [0.2, 0.25) is 0 Å². The van der Waals surface area contributed by atoms with E-state index in [1.165, 1.54) is 0 Å². The van der Waals surface area contributed by atoms with Crippen LogP contribution in [0, 0.1) is 0 Å². The Morgan fingerprint density at radius 1 is 1.50 bits per heavy atom. The van der Waals surface area contributed by atoms with Crippen LogP contribution in [-0.4, -0.2) is 38.1 Å². The van der Waals surface area contributed by atoms with Gasteiger partial charge in [0.25, 0.3) is 5.92 Å². The standard InChI is InChI=1S/C14H18F2N2O2/c1-20-12-5-3-2-4-10(12)6-7-17-13(19)11-8-14(15,16)9-18-11/h2-5,11,18H,6-9H2,1H3,(H,17,19). The summed E-state index contributed by atoms with van der Waals surface area (Å²) < 4.78 is 31.2. The zero-order valence-corrected chi connectivity index (χ0v) is 11.3. The van der Waals surface area contributed by atoms with Gasteiger partial charge in [-0.25, -0.2) is 8.78 Å². The van der Waals surface area contributed by atoms with E-state index in [0.717, 1.165) is 11.3 Å². The van der Waals surface area contributed by atoms with Gasteiger partial charge in [0.1, 0.15) is 5.75 Å². The number of rotatable bonds is 5. The zero-order valence-electron chi connectivity index (χ0n) is 11.3. The van der Waals surface area contributed by atoms with Crippen molar-refractivity contribution in [1.82, 2.24) is 10.6 Å². The first kappa shape index (κ1) is 14.7. The van der Waals surface area contributed by atoms with Gasteiger partial charge >= 0.3 is 0 Å². The second-order valence-electron chi connectivity index (χ2n) is 4.85. The summed E-state index contributed by atoms with van der Waals surface area (Å²) in [5, 5.41) is 5.20. The van der Waals surface area contributed by atoms with Crippen molar-refractivity contribution in [2.45, 2.75) is 24.8 Å². The van der Waals surface area contributed by atoms with Crippen LogP contribution in [0.25, 0.3) is 0 Å². The second kappa shape index (κ2) is 6.17. The molecule has 2 N–H and O–H groups in total. The molecule has 20 heavy (non-hydrogen) atoms. The van der Waals surface area contributed by atoms with E-state index >= 15 is 0 Å². The number of para-hydroxylation sites is 1. The minimum absolute atomic E-state index is 0.378. The predicted octanol–water partition coefficient (Wildman–Crippen LogP) is 1.35. The Balaban J connectivity index is 1.80. The van der Waals surface area contributed by atoms with Crippen LogP contribution in [0.3, 0.4) is 0 Å². The Morgan fingerprint density at radius 3 is 2.90 bits per heavy atom. The third kappa shape index (κ3) is 3.66. The summed E-state index contributed by atoms with van der Waals surface area (Å²) in [6, 6.07) is 6.70. The average Bonchev–Trinajstić information content (AvgIpc) is 2.79. The molecule has 1 unspecified atom stereocenters. The molecule has 1 heterocycles. The van der Waals surface area contributed by atoms with Gasteiger partial charge in [-0.1, -0.05) is 18.2 Å². The Morgan fingerprint density at radius 2 is 2.25 bits per heavy atom. The van der Waals surface area contributed by atoms with Crippen LogP contribution in [-0.2, 0) is 11.2 Å². The minimum Gasteiger partial charge on any atom is -0.496 e. The van der Waals surface area contributed by atoms with E-state index in [1.54, 1.807) is 7.11 Å². The van der Waals surface area contributed by atoms with Gasteiger partial charge < -0.3 is 10.1 Å². The van der Waals surface area contributed by atoms with Crippen molar-refractivity contribution in [3.05, 3.63) is 29.8 Å². The van der Waals surface area contributed by atoms with Crippen molar-refractivity contribution in [3.63, 3.8) is 0 Å². The lowest BCUT2D eigenvalue weighted by Crippen LogP contribution is -2.41. The van der Waals surface area contributed by atoms with Crippen molar-refractivity contribution < 1.29 is 18.3 Å². The van der Waals surface area contributed by atoms with Gasteiger partial charge in [-0.05, 0) is 18.1 Å². The molecule has 1 aliphatic rings. The monoisotopic (exact) mass is 284 g/mol. The maximum Gasteiger partial charge on any atom is 0.262 e. The Bertz CT molecular complexity index is 480. The van der Waals surface area contributed by atoms with E-state index in [9.17, 15) is 13.6 Å². The van der Waals surface area contributed by atoms with Gasteiger partial charge in [0.2, 0.25) is 5.91 Å². The van der Waals surface area contributed by atoms with Gasteiger partial charge in [0, 0.05) is 13.0 Å². The van der Waals surface area contributed by atoms with E-state index in [4.69, 9.17) is 4.74 Å². The molecule has 0 bridgehead atoms. The minimum atomic E-state index is -2.79. The van der Waals surface area contributed by atoms with Crippen molar-refractivity contribution in [3.8, 4) is 5.75 Å². The van der Waals surface area contributed by atoms with Crippen LogP contribution >= 0.6 is 0 Å². The van der Waals surface area contributed by atoms with E-state index in [0.29, 0.717) is 13.0 Å². The quantitative estimate of drug-likeness (QED) is 0.858. The molecule has 1 aromatic rings. The Labute approximate surface area is 116 Å². The number of carbonyl (C=O) groups excluding carboxylic acids is 1. The summed E-state index contributed by atoms with van der Waals surface area (Å²) >= 11 is 0. The zero-order chi connectivity index (χ0) is 14.6. The predicted molar refractivity (Wildman–Crippen MR) is 71.1 cm³/mol. The summed E-state index contributed by atoms with van der Waals surface area (Å²) in [5.74, 6) is -2.41. The molecule has 0 spiro atoms. The largest absolute Gasteiger partial charge is 0.496 e. The lowest BCUT2D eigenvalue weighted by atomic mass is 10.1. The molecule has 0 radical (unpaired) electrons. The molecule has 0 aromatic heterocycles. The molecule has 1 aliphatic heterocycles. The van der Waals surface area contributed by atoms with Gasteiger partial charge in [0.15, 0.2) is 0 Å². The summed E-state index contributed by atoms with van der Waals surface area (Å²) in [4.78, 5) is 11.7. The number of amides is 1. The molecule has 6 heteroatoms. The topological polar surface area (TPSA) is 50.4 Å². The lowest BCUT2D eigenvalue weighted by molar-refractivity contribution is -0.123. The highest BCUT2D eigenvalue weighted by molar-refractivity contribution is 5.82. The molecule has 1 aromatic carbocycles. The molecule has 4 nitrogen and oxygen atoms in total. The number of alkyl halides is 2. The number of ether oxygens (including phenoxy) is 1. The summed E-state index contributed by atoms with van der Waals surface area (Å²) in [6.07, 6.45) is 0.159. The molecule has 2 rings (SSSR count). The average molecular weight is 284 g/mol. The molecule has 0 saturated carbocycles. The van der Waals surface area contributed by atoms with Crippen LogP contribution < -0.4 is 15.4 Å². The highest BCUT2D eigenvalue weighted by Crippen LogP contribution is 2.25. The fourth-order valence-electron chi connectivity index (χ4n) is 2.25. The first-order valence-corrected chi connectivity index (χ1v) is 6.53. The van der Waals surface area contributed by atoms with Gasteiger partial charge in [-0.2, -0.15) is 0 Å². The van der Waals surface area contributed by atoms with Gasteiger partial charge in [-0.15, -0.1) is 0 Å². The highest BCUT2D eigenvalue weighted by atomic mass is 19.3. The normalized spacial score (nSPS) is 20.6. The molecule has 1 fully saturated rings. The summed E-state index contributed by atoms with van der Waals surface area (Å²) in [7, 11) is 1.59. The van der Waals surface area contributed by atoms with Crippen LogP contribution in [0.5, 0.6) is 5.75 Å². The molecule has 1 saturated heterocycles. The molecular formula is C14H18F2N2O2. The number of halogens is 2. The van der Waals surface area contributed by atoms with Gasteiger partial charge in [-0.3, -0.25) is 10.1 Å². The van der Waals surface area contributed by atoms with Crippen LogP contribution in [0.1, 0.15) is 12.0 Å². The van der Waals surface area contributed by atoms with Crippen molar-refractivity contribution in [2.75, 3.05) is 20.2 Å². The van der Waals surface area contributed by atoms with Crippen molar-refractivity contribution in [2.24, 2.45) is 0 Å². The van der Waals surface area contributed by atoms with Crippen molar-refractivity contribution in [1.29, 1.82) is 0 Å². The third-order valence-corrected chi connectivity index (χ3v) is 3.31.